The van der Waals surface area contributed by atoms with Crippen LogP contribution in [0.3, 0.4) is 0 Å². The SMILES string of the molecule is CCC1CC(N(Cc2cc(C(F)(F)F)cc(C(F)(F)F)c2)c2ncc(C3CCC[C@H](O)C3)cn2)CN1c1nc(Cl)ncc1Cl. The Morgan fingerprint density at radius 3 is 2.18 bits per heavy atom. The number of hydrogen-bond donors (Lipinski definition) is 1. The van der Waals surface area contributed by atoms with Gasteiger partial charge in [0, 0.05) is 31.5 Å². The summed E-state index contributed by atoms with van der Waals surface area (Å²) in [5, 5.41) is 10.3. The van der Waals surface area contributed by atoms with Crippen LogP contribution >= 0.6 is 23.2 Å². The third kappa shape index (κ3) is 7.31. The van der Waals surface area contributed by atoms with Crippen LogP contribution in [0.15, 0.2) is 36.8 Å². The van der Waals surface area contributed by atoms with Crippen molar-refractivity contribution in [2.24, 2.45) is 0 Å². The first-order valence-electron chi connectivity index (χ1n) is 14.2. The number of aliphatic hydroxyl groups excluding tert-OH is 1. The monoisotopic (exact) mass is 662 g/mol. The fourth-order valence-corrected chi connectivity index (χ4v) is 6.46. The summed E-state index contributed by atoms with van der Waals surface area (Å²) >= 11 is 12.4. The zero-order valence-electron chi connectivity index (χ0n) is 23.6. The van der Waals surface area contributed by atoms with Crippen LogP contribution < -0.4 is 9.80 Å². The number of nitrogens with zero attached hydrogens (tertiary/aromatic N) is 6. The van der Waals surface area contributed by atoms with Gasteiger partial charge >= 0.3 is 12.4 Å². The third-order valence-corrected chi connectivity index (χ3v) is 8.75. The lowest BCUT2D eigenvalue weighted by Crippen LogP contribution is -2.39. The second-order valence-corrected chi connectivity index (χ2v) is 12.0. The summed E-state index contributed by atoms with van der Waals surface area (Å²) in [6, 6.07) is 1.01. The van der Waals surface area contributed by atoms with Crippen molar-refractivity contribution in [3.05, 3.63) is 69.3 Å². The highest BCUT2D eigenvalue weighted by Crippen LogP contribution is 2.39. The van der Waals surface area contributed by atoms with Gasteiger partial charge in [-0.15, -0.1) is 0 Å². The molecule has 2 aliphatic rings. The summed E-state index contributed by atoms with van der Waals surface area (Å²) < 4.78 is 82.1. The van der Waals surface area contributed by atoms with Gasteiger partial charge in [0.15, 0.2) is 5.82 Å². The van der Waals surface area contributed by atoms with E-state index in [1.807, 2.05) is 11.8 Å². The van der Waals surface area contributed by atoms with E-state index >= 15 is 0 Å². The maximum Gasteiger partial charge on any atom is 0.416 e. The summed E-state index contributed by atoms with van der Waals surface area (Å²) in [6.45, 7) is 1.91. The summed E-state index contributed by atoms with van der Waals surface area (Å²) in [4.78, 5) is 20.8. The van der Waals surface area contributed by atoms with E-state index in [-0.39, 0.29) is 52.9 Å². The maximum absolute atomic E-state index is 13.7. The lowest BCUT2D eigenvalue weighted by Gasteiger charge is -2.31. The minimum Gasteiger partial charge on any atom is -0.393 e. The van der Waals surface area contributed by atoms with Gasteiger partial charge in [-0.25, -0.2) is 15.0 Å². The normalized spacial score (nSPS) is 22.8. The molecule has 7 nitrogen and oxygen atoms in total. The van der Waals surface area contributed by atoms with Crippen LogP contribution in [0.5, 0.6) is 0 Å². The van der Waals surface area contributed by atoms with Crippen molar-refractivity contribution in [3.63, 3.8) is 0 Å². The number of alkyl halides is 6. The van der Waals surface area contributed by atoms with E-state index in [0.717, 1.165) is 37.0 Å². The highest BCUT2D eigenvalue weighted by atomic mass is 35.5. The molecule has 1 aliphatic carbocycles. The van der Waals surface area contributed by atoms with E-state index in [9.17, 15) is 31.4 Å². The number of halogens is 8. The maximum atomic E-state index is 13.7. The Morgan fingerprint density at radius 2 is 1.59 bits per heavy atom. The van der Waals surface area contributed by atoms with Crippen LogP contribution in [0, 0.1) is 0 Å². The van der Waals surface area contributed by atoms with E-state index in [1.54, 1.807) is 17.3 Å². The number of anilines is 2. The predicted octanol–water partition coefficient (Wildman–Crippen LogP) is 7.69. The molecule has 1 saturated carbocycles. The summed E-state index contributed by atoms with van der Waals surface area (Å²) in [6.07, 6.45) is -1.67. The highest BCUT2D eigenvalue weighted by molar-refractivity contribution is 6.33. The number of benzene rings is 1. The second-order valence-electron chi connectivity index (χ2n) is 11.3. The van der Waals surface area contributed by atoms with Gasteiger partial charge in [0.1, 0.15) is 5.02 Å². The molecule has 1 N–H and O–H groups in total. The van der Waals surface area contributed by atoms with E-state index in [1.165, 1.54) is 6.20 Å². The Kier molecular flexibility index (Phi) is 9.48. The Hall–Kier alpha value is -2.90. The first kappa shape index (κ1) is 32.5. The van der Waals surface area contributed by atoms with E-state index < -0.39 is 35.6 Å². The van der Waals surface area contributed by atoms with Crippen molar-refractivity contribution in [1.82, 2.24) is 19.9 Å². The van der Waals surface area contributed by atoms with Crippen LogP contribution in [-0.4, -0.2) is 49.8 Å². The first-order valence-corrected chi connectivity index (χ1v) is 15.0. The molecule has 1 aliphatic heterocycles. The molecule has 44 heavy (non-hydrogen) atoms. The molecule has 0 radical (unpaired) electrons. The van der Waals surface area contributed by atoms with Crippen molar-refractivity contribution in [2.45, 2.75) is 88.5 Å². The van der Waals surface area contributed by atoms with E-state index in [2.05, 4.69) is 19.9 Å². The predicted molar refractivity (Wildman–Crippen MR) is 154 cm³/mol. The van der Waals surface area contributed by atoms with Crippen LogP contribution in [0.1, 0.15) is 73.6 Å². The van der Waals surface area contributed by atoms with Crippen molar-refractivity contribution in [1.29, 1.82) is 0 Å². The van der Waals surface area contributed by atoms with Gasteiger partial charge < -0.3 is 14.9 Å². The van der Waals surface area contributed by atoms with Gasteiger partial charge in [0.25, 0.3) is 0 Å². The molecule has 3 aromatic rings. The molecule has 1 saturated heterocycles. The first-order chi connectivity index (χ1) is 20.7. The van der Waals surface area contributed by atoms with Crippen molar-refractivity contribution in [2.75, 3.05) is 16.3 Å². The summed E-state index contributed by atoms with van der Waals surface area (Å²) in [5.41, 5.74) is -2.16. The topological polar surface area (TPSA) is 78.3 Å². The molecule has 3 heterocycles. The average molecular weight is 663 g/mol. The lowest BCUT2D eigenvalue weighted by atomic mass is 9.84. The van der Waals surface area contributed by atoms with Crippen LogP contribution in [0.2, 0.25) is 10.3 Å². The molecule has 0 amide bonds. The molecule has 0 bridgehead atoms. The number of hydrogen-bond acceptors (Lipinski definition) is 7. The van der Waals surface area contributed by atoms with Gasteiger partial charge in [-0.05, 0) is 78.9 Å². The van der Waals surface area contributed by atoms with E-state index in [4.69, 9.17) is 23.2 Å². The molecule has 5 rings (SSSR count). The Balaban J connectivity index is 1.53. The van der Waals surface area contributed by atoms with Crippen molar-refractivity contribution in [3.8, 4) is 0 Å². The molecule has 2 fully saturated rings. The molecular weight excluding hydrogens is 633 g/mol. The zero-order chi connectivity index (χ0) is 31.8. The van der Waals surface area contributed by atoms with Gasteiger partial charge in [-0.3, -0.25) is 0 Å². The average Bonchev–Trinajstić information content (AvgIpc) is 3.40. The van der Waals surface area contributed by atoms with Crippen LogP contribution in [-0.2, 0) is 18.9 Å². The minimum absolute atomic E-state index is 0.0186. The fourth-order valence-electron chi connectivity index (χ4n) is 6.13. The second kappa shape index (κ2) is 12.8. The van der Waals surface area contributed by atoms with Crippen LogP contribution in [0.4, 0.5) is 38.1 Å². The van der Waals surface area contributed by atoms with Gasteiger partial charge in [0.05, 0.1) is 29.5 Å². The molecular formula is C29H30Cl2F6N6O. The number of aromatic nitrogens is 4. The Morgan fingerprint density at radius 1 is 0.932 bits per heavy atom. The molecule has 238 valence electrons. The molecule has 1 aromatic carbocycles. The zero-order valence-corrected chi connectivity index (χ0v) is 25.1. The number of aliphatic hydroxyl groups is 1. The largest absolute Gasteiger partial charge is 0.416 e. The fraction of sp³-hybridized carbons (Fsp3) is 0.517. The van der Waals surface area contributed by atoms with Crippen molar-refractivity contribution < 1.29 is 31.4 Å². The summed E-state index contributed by atoms with van der Waals surface area (Å²) in [7, 11) is 0. The van der Waals surface area contributed by atoms with Gasteiger partial charge in [-0.1, -0.05) is 24.9 Å². The van der Waals surface area contributed by atoms with E-state index in [0.29, 0.717) is 25.1 Å². The molecule has 4 atom stereocenters. The standard InChI is InChI=1S/C29H30Cl2F6N6O/c1-2-21-10-22(15-42(21)25-24(30)13-38-26(31)41-25)43(27-39-11-18(12-40-27)17-4-3-5-23(44)8-17)14-16-6-19(28(32,33)34)9-20(7-16)29(35,36)37/h6-7,9,11-13,17,21-23,44H,2-5,8,10,14-15H2,1H3/t17?,21?,22?,23-/m0/s1. The number of rotatable bonds is 7. The third-order valence-electron chi connectivity index (χ3n) is 8.31. The molecule has 15 heteroatoms. The Labute approximate surface area is 260 Å². The van der Waals surface area contributed by atoms with Crippen molar-refractivity contribution >= 4 is 35.0 Å². The molecule has 2 aromatic heterocycles. The quantitative estimate of drug-likeness (QED) is 0.205. The lowest BCUT2D eigenvalue weighted by molar-refractivity contribution is -0.143. The highest BCUT2D eigenvalue weighted by Gasteiger charge is 2.40. The molecule has 0 spiro atoms. The van der Waals surface area contributed by atoms with Gasteiger partial charge in [0.2, 0.25) is 11.2 Å². The molecule has 3 unspecified atom stereocenters. The van der Waals surface area contributed by atoms with Crippen LogP contribution in [0.25, 0.3) is 0 Å². The van der Waals surface area contributed by atoms with Gasteiger partial charge in [-0.2, -0.15) is 31.3 Å². The minimum atomic E-state index is -4.98. The summed E-state index contributed by atoms with van der Waals surface area (Å²) in [5.74, 6) is 0.589. The smallest absolute Gasteiger partial charge is 0.393 e. The Bertz CT molecular complexity index is 1430.